The molecule has 4 N–H and O–H groups in total. The predicted molar refractivity (Wildman–Crippen MR) is 89.9 cm³/mol. The van der Waals surface area contributed by atoms with E-state index in [2.05, 4.69) is 10.1 Å². The lowest BCUT2D eigenvalue weighted by atomic mass is 10.2. The number of methoxy groups -OCH3 is 3. The van der Waals surface area contributed by atoms with E-state index in [1.54, 1.807) is 26.4 Å². The van der Waals surface area contributed by atoms with Crippen molar-refractivity contribution in [1.82, 2.24) is 5.32 Å². The molecule has 9 nitrogen and oxygen atoms in total. The number of carboxylic acid groups (broad SMARTS) is 1. The van der Waals surface area contributed by atoms with E-state index < -0.39 is 18.1 Å². The number of rotatable bonds is 9. The van der Waals surface area contributed by atoms with Gasteiger partial charge in [-0.15, -0.1) is 0 Å². The van der Waals surface area contributed by atoms with Crippen molar-refractivity contribution in [3.8, 4) is 0 Å². The number of benzene rings is 1. The molecule has 0 spiro atoms. The molecule has 25 heavy (non-hydrogen) atoms. The Morgan fingerprint density at radius 2 is 1.76 bits per heavy atom. The Balaban J connectivity index is 0.000000697. The van der Waals surface area contributed by atoms with Crippen LogP contribution in [-0.4, -0.2) is 64.0 Å². The maximum Gasteiger partial charge on any atom is 0.408 e. The number of hydrogen-bond donors (Lipinski definition) is 3. The molecule has 1 atom stereocenters. The first kappa shape index (κ1) is 22.8. The van der Waals surface area contributed by atoms with Crippen LogP contribution in [-0.2, 0) is 30.3 Å². The number of aliphatic carboxylic acids is 1. The van der Waals surface area contributed by atoms with E-state index >= 15 is 0 Å². The number of nitrogens with two attached hydrogens (primary N) is 1. The topological polar surface area (TPSA) is 129 Å². The standard InChI is InChI=1S/C12H15NO5.C4H11NO2/c1-17-8-10(11(14)15)13-12(16)18-7-9-5-3-2-4-6-9;1-6-4(3-5)7-2/h2-6,10H,7-8H2,1H3,(H,13,16)(H,14,15);4H,3,5H2,1-2H3/t10-;/m0./s1. The highest BCUT2D eigenvalue weighted by Crippen LogP contribution is 2.00. The maximum atomic E-state index is 11.4. The first-order valence-corrected chi connectivity index (χ1v) is 7.43. The number of amides is 1. The Bertz CT molecular complexity index is 475. The van der Waals surface area contributed by atoms with Gasteiger partial charge in [0.1, 0.15) is 6.61 Å². The van der Waals surface area contributed by atoms with Crippen LogP contribution in [0.25, 0.3) is 0 Å². The number of carboxylic acids is 1. The van der Waals surface area contributed by atoms with Crippen molar-refractivity contribution in [1.29, 1.82) is 0 Å². The summed E-state index contributed by atoms with van der Waals surface area (Å²) in [6, 6.07) is 7.98. The number of alkyl carbamates (subject to hydrolysis) is 1. The Kier molecular flexibility index (Phi) is 12.9. The average Bonchev–Trinajstić information content (AvgIpc) is 2.62. The molecular formula is C16H26N2O7. The van der Waals surface area contributed by atoms with Gasteiger partial charge in [-0.1, -0.05) is 30.3 Å². The number of carbonyl (C=O) groups is 2. The zero-order valence-corrected chi connectivity index (χ0v) is 14.6. The molecule has 0 saturated heterocycles. The van der Waals surface area contributed by atoms with Crippen molar-refractivity contribution in [2.75, 3.05) is 34.5 Å². The molecule has 0 radical (unpaired) electrons. The molecule has 1 aromatic carbocycles. The minimum Gasteiger partial charge on any atom is -0.480 e. The molecule has 0 fully saturated rings. The summed E-state index contributed by atoms with van der Waals surface area (Å²) in [6.45, 7) is 0.384. The van der Waals surface area contributed by atoms with Gasteiger partial charge in [-0.25, -0.2) is 9.59 Å². The van der Waals surface area contributed by atoms with Crippen LogP contribution in [0.2, 0.25) is 0 Å². The fourth-order valence-corrected chi connectivity index (χ4v) is 1.54. The van der Waals surface area contributed by atoms with Crippen LogP contribution < -0.4 is 11.1 Å². The van der Waals surface area contributed by atoms with Gasteiger partial charge in [0.05, 0.1) is 6.61 Å². The van der Waals surface area contributed by atoms with Crippen LogP contribution in [0.15, 0.2) is 30.3 Å². The molecule has 0 aliphatic rings. The fourth-order valence-electron chi connectivity index (χ4n) is 1.54. The summed E-state index contributed by atoms with van der Waals surface area (Å²) in [5.41, 5.74) is 5.97. The molecule has 1 aromatic rings. The molecule has 9 heteroatoms. The third-order valence-corrected chi connectivity index (χ3v) is 2.85. The third kappa shape index (κ3) is 11.1. The molecule has 0 aliphatic heterocycles. The number of nitrogens with one attached hydrogen (secondary N) is 1. The van der Waals surface area contributed by atoms with E-state index in [9.17, 15) is 9.59 Å². The molecule has 0 bridgehead atoms. The second-order valence-corrected chi connectivity index (χ2v) is 4.69. The van der Waals surface area contributed by atoms with E-state index in [0.29, 0.717) is 6.54 Å². The second-order valence-electron chi connectivity index (χ2n) is 4.69. The average molecular weight is 358 g/mol. The van der Waals surface area contributed by atoms with E-state index in [1.165, 1.54) is 7.11 Å². The van der Waals surface area contributed by atoms with Crippen molar-refractivity contribution < 1.29 is 33.6 Å². The van der Waals surface area contributed by atoms with Crippen molar-refractivity contribution in [3.05, 3.63) is 35.9 Å². The van der Waals surface area contributed by atoms with Crippen molar-refractivity contribution in [3.63, 3.8) is 0 Å². The predicted octanol–water partition coefficient (Wildman–Crippen LogP) is 0.576. The normalized spacial score (nSPS) is 11.2. The number of ether oxygens (including phenoxy) is 4. The van der Waals surface area contributed by atoms with E-state index in [0.717, 1.165) is 5.56 Å². The Labute approximate surface area is 147 Å². The molecule has 0 heterocycles. The Morgan fingerprint density at radius 3 is 2.16 bits per heavy atom. The first-order valence-electron chi connectivity index (χ1n) is 7.43. The smallest absolute Gasteiger partial charge is 0.408 e. The minimum absolute atomic E-state index is 0.0893. The van der Waals surface area contributed by atoms with Gasteiger partial charge >= 0.3 is 12.1 Å². The fraction of sp³-hybridized carbons (Fsp3) is 0.500. The van der Waals surface area contributed by atoms with Crippen molar-refractivity contribution in [2.45, 2.75) is 18.9 Å². The highest BCUT2D eigenvalue weighted by molar-refractivity contribution is 5.79. The highest BCUT2D eigenvalue weighted by atomic mass is 16.7. The Morgan fingerprint density at radius 1 is 1.16 bits per heavy atom. The van der Waals surface area contributed by atoms with E-state index in [1.807, 2.05) is 18.2 Å². The van der Waals surface area contributed by atoms with Crippen LogP contribution >= 0.6 is 0 Å². The molecule has 1 amide bonds. The van der Waals surface area contributed by atoms with Gasteiger partial charge in [0.15, 0.2) is 12.3 Å². The molecule has 0 saturated carbocycles. The van der Waals surface area contributed by atoms with E-state index in [-0.39, 0.29) is 19.5 Å². The van der Waals surface area contributed by atoms with Gasteiger partial charge in [0.25, 0.3) is 0 Å². The lowest BCUT2D eigenvalue weighted by Gasteiger charge is -2.13. The number of hydrogen-bond acceptors (Lipinski definition) is 7. The summed E-state index contributed by atoms with van der Waals surface area (Å²) >= 11 is 0. The van der Waals surface area contributed by atoms with Crippen LogP contribution in [0.5, 0.6) is 0 Å². The first-order chi connectivity index (χ1) is 12.0. The monoisotopic (exact) mass is 358 g/mol. The van der Waals surface area contributed by atoms with Gasteiger partial charge < -0.3 is 35.1 Å². The molecule has 0 aromatic heterocycles. The largest absolute Gasteiger partial charge is 0.480 e. The zero-order chi connectivity index (χ0) is 19.1. The summed E-state index contributed by atoms with van der Waals surface area (Å²) in [4.78, 5) is 22.1. The number of carbonyl (C=O) groups excluding carboxylic acids is 1. The summed E-state index contributed by atoms with van der Waals surface area (Å²) in [7, 11) is 4.47. The summed E-state index contributed by atoms with van der Waals surface area (Å²) in [6.07, 6.45) is -1.02. The van der Waals surface area contributed by atoms with Crippen LogP contribution in [0, 0.1) is 0 Å². The second kappa shape index (κ2) is 14.2. The van der Waals surface area contributed by atoms with Crippen molar-refractivity contribution >= 4 is 12.1 Å². The highest BCUT2D eigenvalue weighted by Gasteiger charge is 2.20. The van der Waals surface area contributed by atoms with Gasteiger partial charge in [-0.2, -0.15) is 0 Å². The zero-order valence-electron chi connectivity index (χ0n) is 14.6. The molecule has 0 aliphatic carbocycles. The maximum absolute atomic E-state index is 11.4. The lowest BCUT2D eigenvalue weighted by Crippen LogP contribution is -2.43. The quantitative estimate of drug-likeness (QED) is 0.547. The lowest BCUT2D eigenvalue weighted by molar-refractivity contribution is -0.140. The van der Waals surface area contributed by atoms with Gasteiger partial charge in [0.2, 0.25) is 0 Å². The van der Waals surface area contributed by atoms with E-state index in [4.69, 9.17) is 25.1 Å². The summed E-state index contributed by atoms with van der Waals surface area (Å²) < 4.78 is 19.0. The molecular weight excluding hydrogens is 332 g/mol. The van der Waals surface area contributed by atoms with Crippen LogP contribution in [0.1, 0.15) is 5.56 Å². The molecule has 0 unspecified atom stereocenters. The molecule has 142 valence electrons. The van der Waals surface area contributed by atoms with Crippen LogP contribution in [0.3, 0.4) is 0 Å². The van der Waals surface area contributed by atoms with Gasteiger partial charge in [-0.3, -0.25) is 0 Å². The Hall–Kier alpha value is -2.20. The SMILES string of the molecule is COC(CN)OC.COC[C@H](NC(=O)OCc1ccccc1)C(=O)O. The van der Waals surface area contributed by atoms with Crippen molar-refractivity contribution in [2.24, 2.45) is 5.73 Å². The summed E-state index contributed by atoms with van der Waals surface area (Å²) in [5, 5.41) is 11.0. The summed E-state index contributed by atoms with van der Waals surface area (Å²) in [5.74, 6) is -1.17. The van der Waals surface area contributed by atoms with Crippen LogP contribution in [0.4, 0.5) is 4.79 Å². The van der Waals surface area contributed by atoms with Gasteiger partial charge in [-0.05, 0) is 5.56 Å². The molecule has 1 rings (SSSR count). The van der Waals surface area contributed by atoms with Gasteiger partial charge in [0, 0.05) is 27.9 Å². The minimum atomic E-state index is -1.17. The third-order valence-electron chi connectivity index (χ3n) is 2.85.